The number of rotatable bonds is 7. The van der Waals surface area contributed by atoms with Crippen LogP contribution in [0, 0.1) is 0 Å². The van der Waals surface area contributed by atoms with Gasteiger partial charge in [0.25, 0.3) is 5.91 Å². The summed E-state index contributed by atoms with van der Waals surface area (Å²) in [4.78, 5) is 28.5. The van der Waals surface area contributed by atoms with E-state index in [1.165, 1.54) is 5.56 Å². The summed E-state index contributed by atoms with van der Waals surface area (Å²) in [5.74, 6) is 0.347. The maximum atomic E-state index is 13.6. The van der Waals surface area contributed by atoms with Crippen LogP contribution in [-0.4, -0.2) is 70.0 Å². The lowest BCUT2D eigenvalue weighted by atomic mass is 9.93. The average Bonchev–Trinajstić information content (AvgIpc) is 3.61. The molecular weight excluding hydrogens is 518 g/mol. The quantitative estimate of drug-likeness (QED) is 0.349. The minimum Gasteiger partial charge on any atom is -0.496 e. The zero-order valence-electron chi connectivity index (χ0n) is 23.6. The van der Waals surface area contributed by atoms with Gasteiger partial charge in [-0.2, -0.15) is 4.99 Å². The summed E-state index contributed by atoms with van der Waals surface area (Å²) in [6.45, 7) is 2.80. The van der Waals surface area contributed by atoms with E-state index < -0.39 is 0 Å². The number of pyridine rings is 1. The van der Waals surface area contributed by atoms with Crippen LogP contribution in [0.3, 0.4) is 0 Å². The van der Waals surface area contributed by atoms with Crippen LogP contribution in [-0.2, 0) is 11.3 Å². The van der Waals surface area contributed by atoms with Crippen molar-refractivity contribution in [3.05, 3.63) is 77.5 Å². The Morgan fingerprint density at radius 3 is 2.68 bits per heavy atom. The summed E-state index contributed by atoms with van der Waals surface area (Å²) in [7, 11) is 3.40. The lowest BCUT2D eigenvalue weighted by Crippen LogP contribution is -2.29. The van der Waals surface area contributed by atoms with Gasteiger partial charge in [-0.1, -0.05) is 18.2 Å². The number of methoxy groups -OCH3 is 2. The number of aliphatic hydroxyl groups is 1. The van der Waals surface area contributed by atoms with Gasteiger partial charge in [-0.15, -0.1) is 0 Å². The van der Waals surface area contributed by atoms with Gasteiger partial charge in [-0.05, 0) is 74.1 Å². The SMILES string of the molecule is COc1ccccc1-c1cc(C(=O)/N=c2\[nH]c3cc(CN4CC[C@@H](OC)C4)ccc3n2[C@H]2CC[C@@H](O)CC2)ccn1. The van der Waals surface area contributed by atoms with E-state index in [9.17, 15) is 9.90 Å². The first-order chi connectivity index (χ1) is 20.0. The number of H-pyrrole nitrogens is 1. The van der Waals surface area contributed by atoms with Crippen LogP contribution in [0.1, 0.15) is 54.1 Å². The number of fused-ring (bicyclic) bond motifs is 1. The van der Waals surface area contributed by atoms with Crippen molar-refractivity contribution >= 4 is 16.9 Å². The molecule has 4 aromatic rings. The molecule has 3 heterocycles. The average molecular weight is 556 g/mol. The molecule has 2 fully saturated rings. The first kappa shape index (κ1) is 27.4. The van der Waals surface area contributed by atoms with Gasteiger partial charge in [0.15, 0.2) is 0 Å². The summed E-state index contributed by atoms with van der Waals surface area (Å²) < 4.78 is 13.2. The van der Waals surface area contributed by atoms with Crippen LogP contribution in [0.15, 0.2) is 65.8 Å². The van der Waals surface area contributed by atoms with Crippen LogP contribution >= 0.6 is 0 Å². The van der Waals surface area contributed by atoms with Crippen molar-refractivity contribution in [3.63, 3.8) is 0 Å². The molecule has 1 saturated carbocycles. The summed E-state index contributed by atoms with van der Waals surface area (Å²) >= 11 is 0. The highest BCUT2D eigenvalue weighted by Gasteiger charge is 2.25. The van der Waals surface area contributed by atoms with Crippen molar-refractivity contribution in [1.29, 1.82) is 0 Å². The molecule has 1 aliphatic heterocycles. The van der Waals surface area contributed by atoms with Gasteiger partial charge in [0.1, 0.15) is 5.75 Å². The Bertz CT molecular complexity index is 1600. The van der Waals surface area contributed by atoms with Crippen LogP contribution in [0.2, 0.25) is 0 Å². The third-order valence-electron chi connectivity index (χ3n) is 8.39. The number of imidazole rings is 1. The van der Waals surface area contributed by atoms with E-state index in [0.717, 1.165) is 68.3 Å². The fraction of sp³-hybridized carbons (Fsp3) is 0.406. The molecule has 214 valence electrons. The van der Waals surface area contributed by atoms with Crippen LogP contribution in [0.4, 0.5) is 0 Å². The third-order valence-corrected chi connectivity index (χ3v) is 8.39. The van der Waals surface area contributed by atoms with E-state index in [1.54, 1.807) is 32.5 Å². The van der Waals surface area contributed by atoms with E-state index in [-0.39, 0.29) is 18.1 Å². The first-order valence-corrected chi connectivity index (χ1v) is 14.4. The summed E-state index contributed by atoms with van der Waals surface area (Å²) in [6, 6.07) is 17.7. The molecule has 9 nitrogen and oxygen atoms in total. The highest BCUT2D eigenvalue weighted by molar-refractivity contribution is 5.96. The smallest absolute Gasteiger partial charge is 0.280 e. The minimum absolute atomic E-state index is 0.146. The Labute approximate surface area is 239 Å². The van der Waals surface area contributed by atoms with Crippen molar-refractivity contribution in [2.45, 2.75) is 56.9 Å². The molecule has 9 heteroatoms. The van der Waals surface area contributed by atoms with Gasteiger partial charge in [0, 0.05) is 50.1 Å². The lowest BCUT2D eigenvalue weighted by molar-refractivity contribution is 0.0990. The van der Waals surface area contributed by atoms with Gasteiger partial charge in [0.2, 0.25) is 5.62 Å². The van der Waals surface area contributed by atoms with E-state index >= 15 is 0 Å². The number of benzene rings is 2. The zero-order valence-corrected chi connectivity index (χ0v) is 23.6. The molecule has 0 spiro atoms. The Kier molecular flexibility index (Phi) is 8.00. The van der Waals surface area contributed by atoms with E-state index in [4.69, 9.17) is 9.47 Å². The van der Waals surface area contributed by atoms with Crippen LogP contribution in [0.5, 0.6) is 5.75 Å². The number of ether oxygens (including phenoxy) is 2. The number of aromatic nitrogens is 3. The fourth-order valence-electron chi connectivity index (χ4n) is 6.17. The van der Waals surface area contributed by atoms with Gasteiger partial charge >= 0.3 is 0 Å². The van der Waals surface area contributed by atoms with Crippen LogP contribution < -0.4 is 10.4 Å². The van der Waals surface area contributed by atoms with Crippen molar-refractivity contribution < 1.29 is 19.4 Å². The summed E-state index contributed by atoms with van der Waals surface area (Å²) in [5, 5.41) is 10.1. The van der Waals surface area contributed by atoms with E-state index in [0.29, 0.717) is 28.7 Å². The number of likely N-dealkylation sites (tertiary alicyclic amines) is 1. The van der Waals surface area contributed by atoms with Crippen molar-refractivity contribution in [3.8, 4) is 17.0 Å². The number of aliphatic hydroxyl groups excluding tert-OH is 1. The Morgan fingerprint density at radius 1 is 1.07 bits per heavy atom. The molecular formula is C32H37N5O4. The third kappa shape index (κ3) is 5.84. The molecule has 2 aromatic carbocycles. The molecule has 0 radical (unpaired) electrons. The number of hydrogen-bond acceptors (Lipinski definition) is 6. The molecule has 1 atom stereocenters. The number of nitrogens with one attached hydrogen (secondary N) is 1. The van der Waals surface area contributed by atoms with Gasteiger partial charge in [-0.25, -0.2) is 0 Å². The lowest BCUT2D eigenvalue weighted by Gasteiger charge is -2.27. The summed E-state index contributed by atoms with van der Waals surface area (Å²) in [6.07, 6.45) is 5.83. The second-order valence-electron chi connectivity index (χ2n) is 11.1. The van der Waals surface area contributed by atoms with Crippen LogP contribution in [0.25, 0.3) is 22.3 Å². The van der Waals surface area contributed by atoms with Crippen molar-refractivity contribution in [1.82, 2.24) is 19.4 Å². The number of hydrogen-bond donors (Lipinski definition) is 2. The number of carbonyl (C=O) groups excluding carboxylic acids is 1. The molecule has 6 rings (SSSR count). The topological polar surface area (TPSA) is 105 Å². The molecule has 2 N–H and O–H groups in total. The monoisotopic (exact) mass is 555 g/mol. The van der Waals surface area contributed by atoms with Crippen molar-refractivity contribution in [2.75, 3.05) is 27.3 Å². The standard InChI is InChI=1S/C32H37N5O4/c1-40-25-14-16-36(20-25)19-21-7-12-29-28(17-21)34-32(37(29)23-8-10-24(38)11-9-23)35-31(39)22-13-15-33-27(18-22)26-5-3-4-6-30(26)41-2/h3-7,12-13,15,17-18,23-25,38H,8-11,14,16,19-20H2,1-2H3,(H,34,35,39)/t23-,24+,25-/m1/s1. The summed E-state index contributed by atoms with van der Waals surface area (Å²) in [5.41, 5.74) is 5.61. The first-order valence-electron chi connectivity index (χ1n) is 14.4. The molecule has 0 bridgehead atoms. The zero-order chi connectivity index (χ0) is 28.3. The molecule has 1 aliphatic carbocycles. The molecule has 1 amide bonds. The highest BCUT2D eigenvalue weighted by atomic mass is 16.5. The maximum absolute atomic E-state index is 13.6. The van der Waals surface area contributed by atoms with Crippen molar-refractivity contribution in [2.24, 2.45) is 4.99 Å². The van der Waals surface area contributed by atoms with E-state index in [1.807, 2.05) is 24.3 Å². The van der Waals surface area contributed by atoms with Gasteiger partial charge in [-0.3, -0.25) is 14.7 Å². The molecule has 41 heavy (non-hydrogen) atoms. The maximum Gasteiger partial charge on any atom is 0.280 e. The molecule has 2 aliphatic rings. The molecule has 2 aromatic heterocycles. The van der Waals surface area contributed by atoms with Gasteiger partial charge < -0.3 is 24.1 Å². The predicted molar refractivity (Wildman–Crippen MR) is 157 cm³/mol. The Balaban J connectivity index is 1.36. The number of carbonyl (C=O) groups is 1. The second-order valence-corrected chi connectivity index (χ2v) is 11.1. The Hall–Kier alpha value is -3.79. The predicted octanol–water partition coefficient (Wildman–Crippen LogP) is 4.48. The minimum atomic E-state index is -0.345. The molecule has 1 saturated heterocycles. The molecule has 0 unspecified atom stereocenters. The van der Waals surface area contributed by atoms with E-state index in [2.05, 4.69) is 42.6 Å². The van der Waals surface area contributed by atoms with Gasteiger partial charge in [0.05, 0.1) is 36.0 Å². The highest BCUT2D eigenvalue weighted by Crippen LogP contribution is 2.31. The largest absolute Gasteiger partial charge is 0.496 e. The number of aromatic amines is 1. The Morgan fingerprint density at radius 2 is 1.90 bits per heavy atom. The number of amides is 1. The number of nitrogens with zero attached hydrogens (tertiary/aromatic N) is 4. The number of para-hydroxylation sites is 1. The fourth-order valence-corrected chi connectivity index (χ4v) is 6.17. The normalized spacial score (nSPS) is 21.9. The second kappa shape index (κ2) is 12.0.